The van der Waals surface area contributed by atoms with Gasteiger partial charge in [-0.2, -0.15) is 0 Å². The van der Waals surface area contributed by atoms with Crippen LogP contribution < -0.4 is 0 Å². The van der Waals surface area contributed by atoms with Crippen LogP contribution in [-0.4, -0.2) is 14.5 Å². The second-order valence-corrected chi connectivity index (χ2v) is 15.8. The summed E-state index contributed by atoms with van der Waals surface area (Å²) in [7, 11) is 0. The van der Waals surface area contributed by atoms with Crippen molar-refractivity contribution < 1.29 is 0 Å². The first-order valence-electron chi connectivity index (χ1n) is 18.2. The molecule has 0 saturated heterocycles. The molecule has 254 valence electrons. The molecule has 0 aliphatic heterocycles. The standard InChI is InChI=1S/C49H31N3S2/c1-30-16-4-2-7-19-32(49-50-37-24-12-8-20-33(37)45(51-49)31-17-5-3-6-18-31)28-29-38(30)52-39-25-13-9-21-34(39)42-43-35-22-10-14-26-40(35)53-47(43)44-36-23-11-15-27-41(36)54-48(44)46(42)52/h2-29H,1H3. The zero-order chi connectivity index (χ0) is 35.8. The first kappa shape index (κ1) is 31.2. The Bertz CT molecular complexity index is 3350. The van der Waals surface area contributed by atoms with Crippen LogP contribution in [0.1, 0.15) is 5.56 Å². The normalized spacial score (nSPS) is 11.8. The van der Waals surface area contributed by atoms with Crippen molar-refractivity contribution in [2.45, 2.75) is 6.92 Å². The van der Waals surface area contributed by atoms with Crippen LogP contribution in [0, 0.1) is 6.92 Å². The lowest BCUT2D eigenvalue weighted by Gasteiger charge is -2.12. The molecule has 4 aromatic heterocycles. The van der Waals surface area contributed by atoms with E-state index in [0.29, 0.717) is 5.82 Å². The van der Waals surface area contributed by atoms with Crippen LogP contribution in [-0.2, 0) is 0 Å². The number of para-hydroxylation sites is 2. The number of nitrogens with zero attached hydrogens (tertiary/aromatic N) is 3. The van der Waals surface area contributed by atoms with Crippen LogP contribution in [0.25, 0.3) is 101 Å². The molecule has 0 unspecified atom stereocenters. The summed E-state index contributed by atoms with van der Waals surface area (Å²) >= 11 is 3.82. The maximum absolute atomic E-state index is 5.25. The Labute approximate surface area is 319 Å². The quantitative estimate of drug-likeness (QED) is 0.182. The lowest BCUT2D eigenvalue weighted by atomic mass is 10.0. The Morgan fingerprint density at radius 2 is 1.04 bits per heavy atom. The maximum atomic E-state index is 5.25. The lowest BCUT2D eigenvalue weighted by Crippen LogP contribution is -1.97. The van der Waals surface area contributed by atoms with Gasteiger partial charge in [-0.3, -0.25) is 0 Å². The first-order chi connectivity index (χ1) is 26.7. The van der Waals surface area contributed by atoms with Gasteiger partial charge in [0.1, 0.15) is 0 Å². The van der Waals surface area contributed by atoms with Crippen molar-refractivity contribution in [3.8, 4) is 28.3 Å². The molecule has 0 bridgehead atoms. The van der Waals surface area contributed by atoms with Crippen LogP contribution >= 0.6 is 22.7 Å². The van der Waals surface area contributed by atoms with Crippen LogP contribution in [0.3, 0.4) is 0 Å². The highest BCUT2D eigenvalue weighted by molar-refractivity contribution is 7.30. The Morgan fingerprint density at radius 3 is 1.81 bits per heavy atom. The van der Waals surface area contributed by atoms with Crippen molar-refractivity contribution in [2.24, 2.45) is 0 Å². The summed E-state index contributed by atoms with van der Waals surface area (Å²) in [4.78, 5) is 10.4. The minimum absolute atomic E-state index is 0.690. The van der Waals surface area contributed by atoms with Gasteiger partial charge in [0.2, 0.25) is 0 Å². The predicted octanol–water partition coefficient (Wildman–Crippen LogP) is 14.2. The fourth-order valence-electron chi connectivity index (χ4n) is 8.15. The fourth-order valence-corrected chi connectivity index (χ4v) is 10.7. The highest BCUT2D eigenvalue weighted by Gasteiger charge is 2.24. The molecule has 3 nitrogen and oxygen atoms in total. The van der Waals surface area contributed by atoms with Gasteiger partial charge in [-0.05, 0) is 48.9 Å². The van der Waals surface area contributed by atoms with Gasteiger partial charge in [-0.15, -0.1) is 22.7 Å². The van der Waals surface area contributed by atoms with Crippen molar-refractivity contribution in [1.82, 2.24) is 14.5 Å². The van der Waals surface area contributed by atoms with E-state index < -0.39 is 0 Å². The van der Waals surface area contributed by atoms with Crippen molar-refractivity contribution in [1.29, 1.82) is 0 Å². The van der Waals surface area contributed by atoms with E-state index >= 15 is 0 Å². The predicted molar refractivity (Wildman–Crippen MR) is 233 cm³/mol. The topological polar surface area (TPSA) is 30.7 Å². The monoisotopic (exact) mass is 725 g/mol. The van der Waals surface area contributed by atoms with Crippen molar-refractivity contribution >= 4 is 95.7 Å². The van der Waals surface area contributed by atoms with Crippen molar-refractivity contribution in [2.75, 3.05) is 0 Å². The molecular weight excluding hydrogens is 695 g/mol. The molecule has 0 saturated carbocycles. The molecule has 54 heavy (non-hydrogen) atoms. The molecule has 0 atom stereocenters. The molecule has 0 N–H and O–H groups in total. The summed E-state index contributed by atoms with van der Waals surface area (Å²) in [6.45, 7) is 2.22. The molecule has 7 aromatic carbocycles. The Balaban J connectivity index is 1.27. The van der Waals surface area contributed by atoms with Gasteiger partial charge in [0, 0.05) is 68.6 Å². The number of benzene rings is 6. The molecule has 0 aliphatic carbocycles. The van der Waals surface area contributed by atoms with E-state index in [9.17, 15) is 0 Å². The summed E-state index contributed by atoms with van der Waals surface area (Å²) in [6, 6.07) is 60.6. The van der Waals surface area contributed by atoms with E-state index in [2.05, 4.69) is 169 Å². The largest absolute Gasteiger partial charge is 0.308 e. The summed E-state index contributed by atoms with van der Waals surface area (Å²) in [5, 5.41) is 8.93. The second kappa shape index (κ2) is 12.3. The van der Waals surface area contributed by atoms with Crippen molar-refractivity contribution in [3.63, 3.8) is 0 Å². The molecule has 0 aliphatic rings. The van der Waals surface area contributed by atoms with Gasteiger partial charge in [0.05, 0.1) is 26.9 Å². The van der Waals surface area contributed by atoms with E-state index in [1.165, 1.54) is 62.2 Å². The lowest BCUT2D eigenvalue weighted by molar-refractivity contribution is 1.16. The van der Waals surface area contributed by atoms with Gasteiger partial charge in [0.25, 0.3) is 0 Å². The van der Waals surface area contributed by atoms with Gasteiger partial charge >= 0.3 is 0 Å². The van der Waals surface area contributed by atoms with E-state index in [1.807, 2.05) is 34.8 Å². The molecule has 0 fully saturated rings. The Kier molecular flexibility index (Phi) is 7.12. The highest BCUT2D eigenvalue weighted by Crippen LogP contribution is 2.52. The van der Waals surface area contributed by atoms with Gasteiger partial charge in [-0.25, -0.2) is 9.97 Å². The summed E-state index contributed by atoms with van der Waals surface area (Å²) in [5.74, 6) is 0.690. The van der Waals surface area contributed by atoms with E-state index in [0.717, 1.165) is 39.0 Å². The molecule has 4 heterocycles. The number of hydrogen-bond donors (Lipinski definition) is 0. The zero-order valence-electron chi connectivity index (χ0n) is 29.3. The molecule has 0 spiro atoms. The molecule has 11 rings (SSSR count). The van der Waals surface area contributed by atoms with Crippen LogP contribution in [0.15, 0.2) is 170 Å². The van der Waals surface area contributed by atoms with Crippen LogP contribution in [0.2, 0.25) is 0 Å². The van der Waals surface area contributed by atoms with Gasteiger partial charge < -0.3 is 4.57 Å². The number of rotatable bonds is 3. The number of hydrogen-bond acceptors (Lipinski definition) is 4. The molecule has 5 heteroatoms. The second-order valence-electron chi connectivity index (χ2n) is 13.7. The molecule has 0 radical (unpaired) electrons. The highest BCUT2D eigenvalue weighted by atomic mass is 32.1. The third-order valence-corrected chi connectivity index (χ3v) is 12.9. The summed E-state index contributed by atoms with van der Waals surface area (Å²) in [6.07, 6.45) is 0. The van der Waals surface area contributed by atoms with E-state index in [-0.39, 0.29) is 0 Å². The first-order valence-corrected chi connectivity index (χ1v) is 19.8. The fraction of sp³-hybridized carbons (Fsp3) is 0.0204. The summed E-state index contributed by atoms with van der Waals surface area (Å²) < 4.78 is 7.82. The minimum atomic E-state index is 0.690. The third kappa shape index (κ3) is 4.72. The molecule has 0 amide bonds. The van der Waals surface area contributed by atoms with Crippen LogP contribution in [0.4, 0.5) is 0 Å². The van der Waals surface area contributed by atoms with E-state index in [1.54, 1.807) is 0 Å². The van der Waals surface area contributed by atoms with Crippen molar-refractivity contribution in [3.05, 3.63) is 175 Å². The Morgan fingerprint density at radius 1 is 0.444 bits per heavy atom. The number of thiophene rings is 2. The van der Waals surface area contributed by atoms with Gasteiger partial charge in [-0.1, -0.05) is 133 Å². The maximum Gasteiger partial charge on any atom is 0.160 e. The molecule has 11 aromatic rings. The smallest absolute Gasteiger partial charge is 0.160 e. The van der Waals surface area contributed by atoms with Crippen LogP contribution in [0.5, 0.6) is 0 Å². The average Bonchev–Trinajstić information content (AvgIpc) is 3.90. The third-order valence-electron chi connectivity index (χ3n) is 10.6. The zero-order valence-corrected chi connectivity index (χ0v) is 31.0. The molecular formula is C49H31N3S2. The number of aryl methyl sites for hydroxylation is 1. The average molecular weight is 726 g/mol. The number of aromatic nitrogens is 3. The minimum Gasteiger partial charge on any atom is -0.308 e. The summed E-state index contributed by atoms with van der Waals surface area (Å²) in [5.41, 5.74) is 8.57. The number of fused-ring (bicyclic) bond motifs is 13. The van der Waals surface area contributed by atoms with Gasteiger partial charge in [0.15, 0.2) is 5.82 Å². The Hall–Kier alpha value is -6.40. The van der Waals surface area contributed by atoms with E-state index in [4.69, 9.17) is 9.97 Å². The SMILES string of the molecule is Cc1cccccc(-c2nc(-c3ccccc3)c3ccccc3n2)ccc1-n1c2ccccc2c2c3c4ccccc4sc3c3c4ccccc4sc3c21.